The molecule has 4 nitrogen and oxygen atoms in total. The number of aromatic amines is 1. The molecule has 0 bridgehead atoms. The summed E-state index contributed by atoms with van der Waals surface area (Å²) in [5.41, 5.74) is 2.35. The van der Waals surface area contributed by atoms with Gasteiger partial charge in [-0.3, -0.25) is 5.10 Å². The lowest BCUT2D eigenvalue weighted by Crippen LogP contribution is -1.83. The summed E-state index contributed by atoms with van der Waals surface area (Å²) in [6.07, 6.45) is 0. The molecule has 0 amide bonds. The fraction of sp³-hybridized carbons (Fsp3) is 0.0833. The van der Waals surface area contributed by atoms with E-state index in [9.17, 15) is 0 Å². The van der Waals surface area contributed by atoms with Crippen LogP contribution in [0.1, 0.15) is 11.4 Å². The SMILES string of the molecule is C=C(C#N)c1nc(-c2cccc(C)c2)n[nH]1. The Morgan fingerprint density at radius 3 is 3.00 bits per heavy atom. The molecule has 0 fully saturated rings. The number of benzene rings is 1. The first kappa shape index (κ1) is 10.1. The van der Waals surface area contributed by atoms with Crippen molar-refractivity contribution in [3.63, 3.8) is 0 Å². The Kier molecular flexibility index (Phi) is 2.52. The van der Waals surface area contributed by atoms with E-state index < -0.39 is 0 Å². The summed E-state index contributed by atoms with van der Waals surface area (Å²) in [6, 6.07) is 9.79. The highest BCUT2D eigenvalue weighted by Gasteiger charge is 2.07. The first-order chi connectivity index (χ1) is 7.70. The van der Waals surface area contributed by atoms with E-state index >= 15 is 0 Å². The predicted molar refractivity (Wildman–Crippen MR) is 61.2 cm³/mol. The number of hydrogen-bond donors (Lipinski definition) is 1. The minimum atomic E-state index is 0.284. The van der Waals surface area contributed by atoms with Crippen molar-refractivity contribution >= 4 is 5.57 Å². The lowest BCUT2D eigenvalue weighted by atomic mass is 10.1. The molecule has 0 saturated carbocycles. The van der Waals surface area contributed by atoms with E-state index in [0.29, 0.717) is 11.6 Å². The average molecular weight is 210 g/mol. The molecule has 4 heteroatoms. The highest BCUT2D eigenvalue weighted by Crippen LogP contribution is 2.17. The second kappa shape index (κ2) is 3.99. The van der Waals surface area contributed by atoms with Crippen LogP contribution in [0.25, 0.3) is 17.0 Å². The summed E-state index contributed by atoms with van der Waals surface area (Å²) in [5.74, 6) is 0.995. The van der Waals surface area contributed by atoms with E-state index in [2.05, 4.69) is 21.8 Å². The number of H-pyrrole nitrogens is 1. The number of aryl methyl sites for hydroxylation is 1. The van der Waals surface area contributed by atoms with Crippen molar-refractivity contribution in [1.29, 1.82) is 5.26 Å². The molecule has 0 aliphatic heterocycles. The first-order valence-electron chi connectivity index (χ1n) is 4.79. The summed E-state index contributed by atoms with van der Waals surface area (Å²) < 4.78 is 0. The number of allylic oxidation sites excluding steroid dienone is 1. The summed E-state index contributed by atoms with van der Waals surface area (Å²) in [4.78, 5) is 4.20. The smallest absolute Gasteiger partial charge is 0.181 e. The second-order valence-electron chi connectivity index (χ2n) is 3.47. The number of nitrogens with one attached hydrogen (secondary N) is 1. The molecule has 1 aromatic heterocycles. The first-order valence-corrected chi connectivity index (χ1v) is 4.79. The summed E-state index contributed by atoms with van der Waals surface area (Å²) in [5, 5.41) is 15.4. The highest BCUT2D eigenvalue weighted by atomic mass is 15.2. The van der Waals surface area contributed by atoms with Gasteiger partial charge in [0.15, 0.2) is 11.6 Å². The summed E-state index contributed by atoms with van der Waals surface area (Å²) >= 11 is 0. The molecule has 0 aliphatic rings. The molecule has 0 atom stereocenters. The van der Waals surface area contributed by atoms with Crippen LogP contribution in [0.5, 0.6) is 0 Å². The van der Waals surface area contributed by atoms with Gasteiger partial charge in [0, 0.05) is 5.56 Å². The predicted octanol–water partition coefficient (Wildman–Crippen LogP) is 2.32. The molecule has 0 unspecified atom stereocenters. The number of nitrogens with zero attached hydrogens (tertiary/aromatic N) is 3. The average Bonchev–Trinajstić information content (AvgIpc) is 2.77. The van der Waals surface area contributed by atoms with Gasteiger partial charge in [0.05, 0.1) is 5.57 Å². The van der Waals surface area contributed by atoms with Gasteiger partial charge in [-0.15, -0.1) is 0 Å². The van der Waals surface area contributed by atoms with Crippen LogP contribution in [0, 0.1) is 18.3 Å². The standard InChI is InChI=1S/C12H10N4/c1-8-4-3-5-10(6-8)12-14-11(15-16-12)9(2)7-13/h3-6H,2H2,1H3,(H,14,15,16). The van der Waals surface area contributed by atoms with Gasteiger partial charge in [-0.05, 0) is 13.0 Å². The van der Waals surface area contributed by atoms with Crippen LogP contribution in [0.4, 0.5) is 0 Å². The largest absolute Gasteiger partial charge is 0.258 e. The molecule has 1 heterocycles. The van der Waals surface area contributed by atoms with Gasteiger partial charge < -0.3 is 0 Å². The number of hydrogen-bond acceptors (Lipinski definition) is 3. The van der Waals surface area contributed by atoms with E-state index in [4.69, 9.17) is 5.26 Å². The second-order valence-corrected chi connectivity index (χ2v) is 3.47. The molecule has 0 radical (unpaired) electrons. The molecule has 0 aliphatic carbocycles. The normalized spacial score (nSPS) is 9.75. The van der Waals surface area contributed by atoms with Crippen LogP contribution in [0.2, 0.25) is 0 Å². The third-order valence-electron chi connectivity index (χ3n) is 2.18. The fourth-order valence-electron chi connectivity index (χ4n) is 1.36. The van der Waals surface area contributed by atoms with E-state index in [0.717, 1.165) is 11.1 Å². The Labute approximate surface area is 93.3 Å². The van der Waals surface area contributed by atoms with Gasteiger partial charge >= 0.3 is 0 Å². The molecule has 1 N–H and O–H groups in total. The van der Waals surface area contributed by atoms with E-state index in [1.165, 1.54) is 0 Å². The van der Waals surface area contributed by atoms with Crippen LogP contribution in [-0.4, -0.2) is 15.2 Å². The van der Waals surface area contributed by atoms with Crippen molar-refractivity contribution in [1.82, 2.24) is 15.2 Å². The third-order valence-corrected chi connectivity index (χ3v) is 2.18. The molecular weight excluding hydrogens is 200 g/mol. The molecule has 1 aromatic carbocycles. The Bertz CT molecular complexity index is 575. The van der Waals surface area contributed by atoms with E-state index in [1.54, 1.807) is 0 Å². The summed E-state index contributed by atoms with van der Waals surface area (Å²) in [7, 11) is 0. The van der Waals surface area contributed by atoms with Crippen LogP contribution < -0.4 is 0 Å². The lowest BCUT2D eigenvalue weighted by molar-refractivity contribution is 1.08. The molecule has 2 aromatic rings. The molecular formula is C12H10N4. The molecule has 16 heavy (non-hydrogen) atoms. The van der Waals surface area contributed by atoms with Gasteiger partial charge in [0.2, 0.25) is 0 Å². The van der Waals surface area contributed by atoms with Crippen molar-refractivity contribution in [3.8, 4) is 17.5 Å². The number of rotatable bonds is 2. The van der Waals surface area contributed by atoms with Crippen LogP contribution in [-0.2, 0) is 0 Å². The molecule has 78 valence electrons. The van der Waals surface area contributed by atoms with Crippen LogP contribution in [0.15, 0.2) is 30.8 Å². The van der Waals surface area contributed by atoms with Crippen LogP contribution >= 0.6 is 0 Å². The maximum absolute atomic E-state index is 8.67. The zero-order valence-electron chi connectivity index (χ0n) is 8.86. The Morgan fingerprint density at radius 2 is 2.31 bits per heavy atom. The molecule has 0 spiro atoms. The maximum Gasteiger partial charge on any atom is 0.181 e. The minimum absolute atomic E-state index is 0.284. The van der Waals surface area contributed by atoms with Gasteiger partial charge in [0.1, 0.15) is 6.07 Å². The Hall–Kier alpha value is -2.41. The fourth-order valence-corrected chi connectivity index (χ4v) is 1.36. The third kappa shape index (κ3) is 1.84. The quantitative estimate of drug-likeness (QED) is 0.773. The summed E-state index contributed by atoms with van der Waals surface area (Å²) in [6.45, 7) is 5.58. The highest BCUT2D eigenvalue weighted by molar-refractivity contribution is 5.71. The molecule has 0 saturated heterocycles. The van der Waals surface area contributed by atoms with Gasteiger partial charge in [-0.2, -0.15) is 10.4 Å². The molecule has 2 rings (SSSR count). The van der Waals surface area contributed by atoms with Gasteiger partial charge in [-0.1, -0.05) is 30.3 Å². The maximum atomic E-state index is 8.67. The van der Waals surface area contributed by atoms with Crippen LogP contribution in [0.3, 0.4) is 0 Å². The number of nitriles is 1. The van der Waals surface area contributed by atoms with Crippen molar-refractivity contribution in [2.24, 2.45) is 0 Å². The Morgan fingerprint density at radius 1 is 1.50 bits per heavy atom. The number of aromatic nitrogens is 3. The monoisotopic (exact) mass is 210 g/mol. The van der Waals surface area contributed by atoms with Crippen molar-refractivity contribution < 1.29 is 0 Å². The Balaban J connectivity index is 2.40. The van der Waals surface area contributed by atoms with Gasteiger partial charge in [0.25, 0.3) is 0 Å². The van der Waals surface area contributed by atoms with Crippen molar-refractivity contribution in [3.05, 3.63) is 42.2 Å². The van der Waals surface area contributed by atoms with E-state index in [-0.39, 0.29) is 5.57 Å². The van der Waals surface area contributed by atoms with Crippen molar-refractivity contribution in [2.75, 3.05) is 0 Å². The topological polar surface area (TPSA) is 65.4 Å². The minimum Gasteiger partial charge on any atom is -0.258 e. The zero-order valence-corrected chi connectivity index (χ0v) is 8.86. The van der Waals surface area contributed by atoms with Crippen molar-refractivity contribution in [2.45, 2.75) is 6.92 Å². The zero-order chi connectivity index (χ0) is 11.5. The van der Waals surface area contributed by atoms with Gasteiger partial charge in [-0.25, -0.2) is 4.98 Å². The van der Waals surface area contributed by atoms with E-state index in [1.807, 2.05) is 37.3 Å². The lowest BCUT2D eigenvalue weighted by Gasteiger charge is -1.95.